The van der Waals surface area contributed by atoms with Crippen LogP contribution in [0.15, 0.2) is 34.7 Å². The first kappa shape index (κ1) is 14.1. The van der Waals surface area contributed by atoms with E-state index in [0.717, 1.165) is 42.8 Å². The number of para-hydroxylation sites is 1. The van der Waals surface area contributed by atoms with Gasteiger partial charge in [-0.05, 0) is 25.6 Å². The molecule has 0 amide bonds. The van der Waals surface area contributed by atoms with Crippen LogP contribution in [-0.2, 0) is 4.74 Å². The third kappa shape index (κ3) is 3.80. The molecule has 0 fully saturated rings. The molecule has 0 aliphatic rings. The quantitative estimate of drug-likeness (QED) is 0.778. The topological polar surface area (TPSA) is 51.6 Å². The van der Waals surface area contributed by atoms with Crippen LogP contribution in [0.3, 0.4) is 0 Å². The van der Waals surface area contributed by atoms with Crippen LogP contribution < -0.4 is 5.73 Å². The van der Waals surface area contributed by atoms with Crippen LogP contribution in [-0.4, -0.2) is 38.8 Å². The molecular weight excluding hydrogens is 240 g/mol. The molecule has 2 N–H and O–H groups in total. The Kier molecular flexibility index (Phi) is 4.96. The Bertz CT molecular complexity index is 477. The third-order valence-electron chi connectivity index (χ3n) is 3.21. The Morgan fingerprint density at radius 3 is 2.89 bits per heavy atom. The van der Waals surface area contributed by atoms with Crippen LogP contribution >= 0.6 is 0 Å². The van der Waals surface area contributed by atoms with Gasteiger partial charge in [-0.15, -0.1) is 0 Å². The average Bonchev–Trinajstić information content (AvgIpc) is 2.83. The van der Waals surface area contributed by atoms with Crippen LogP contribution in [0.5, 0.6) is 0 Å². The smallest absolute Gasteiger partial charge is 0.134 e. The zero-order valence-corrected chi connectivity index (χ0v) is 11.6. The van der Waals surface area contributed by atoms with Gasteiger partial charge in [0.25, 0.3) is 0 Å². The predicted octanol–water partition coefficient (Wildman–Crippen LogP) is 2.40. The summed E-state index contributed by atoms with van der Waals surface area (Å²) < 4.78 is 10.8. The maximum atomic E-state index is 6.20. The zero-order valence-electron chi connectivity index (χ0n) is 11.6. The minimum absolute atomic E-state index is 0.0973. The fourth-order valence-corrected chi connectivity index (χ4v) is 2.18. The minimum Gasteiger partial charge on any atom is -0.459 e. The molecule has 4 nitrogen and oxygen atoms in total. The van der Waals surface area contributed by atoms with E-state index >= 15 is 0 Å². The Hall–Kier alpha value is -1.36. The normalized spacial score (nSPS) is 13.3. The molecule has 19 heavy (non-hydrogen) atoms. The van der Waals surface area contributed by atoms with Gasteiger partial charge in [-0.2, -0.15) is 0 Å². The van der Waals surface area contributed by atoms with E-state index in [-0.39, 0.29) is 6.04 Å². The lowest BCUT2D eigenvalue weighted by atomic mass is 10.2. The number of rotatable bonds is 7. The number of furan rings is 1. The molecule has 104 valence electrons. The number of hydrogen-bond acceptors (Lipinski definition) is 4. The van der Waals surface area contributed by atoms with Crippen LogP contribution in [0.25, 0.3) is 11.0 Å². The fourth-order valence-electron chi connectivity index (χ4n) is 2.18. The summed E-state index contributed by atoms with van der Waals surface area (Å²) in [5, 5.41) is 1.11. The zero-order chi connectivity index (χ0) is 13.7. The molecule has 0 bridgehead atoms. The molecule has 0 spiro atoms. The standard InChI is InChI=1S/C15H22N2O2/c1-17(8-5-9-18-2)11-13(16)15-10-12-6-3-4-7-14(12)19-15/h3-4,6-7,10,13H,5,8-9,11,16H2,1-2H3. The summed E-state index contributed by atoms with van der Waals surface area (Å²) in [6.45, 7) is 2.54. The van der Waals surface area contributed by atoms with Gasteiger partial charge in [0, 0.05) is 32.2 Å². The van der Waals surface area contributed by atoms with E-state index in [1.54, 1.807) is 7.11 Å². The number of nitrogens with two attached hydrogens (primary N) is 1. The Morgan fingerprint density at radius 1 is 1.37 bits per heavy atom. The summed E-state index contributed by atoms with van der Waals surface area (Å²) in [5.41, 5.74) is 7.10. The highest BCUT2D eigenvalue weighted by molar-refractivity contribution is 5.77. The Balaban J connectivity index is 1.93. The largest absolute Gasteiger partial charge is 0.459 e. The van der Waals surface area contributed by atoms with Crippen molar-refractivity contribution in [1.29, 1.82) is 0 Å². The third-order valence-corrected chi connectivity index (χ3v) is 3.21. The molecule has 1 aromatic heterocycles. The first-order valence-corrected chi connectivity index (χ1v) is 6.62. The van der Waals surface area contributed by atoms with Gasteiger partial charge in [-0.25, -0.2) is 0 Å². The van der Waals surface area contributed by atoms with E-state index in [0.29, 0.717) is 0 Å². The molecule has 0 aliphatic heterocycles. The predicted molar refractivity (Wildman–Crippen MR) is 77.1 cm³/mol. The number of likely N-dealkylation sites (N-methyl/N-ethyl adjacent to an activating group) is 1. The fraction of sp³-hybridized carbons (Fsp3) is 0.467. The average molecular weight is 262 g/mol. The van der Waals surface area contributed by atoms with Crippen LogP contribution in [0.1, 0.15) is 18.2 Å². The van der Waals surface area contributed by atoms with E-state index < -0.39 is 0 Å². The van der Waals surface area contributed by atoms with Gasteiger partial charge in [0.2, 0.25) is 0 Å². The van der Waals surface area contributed by atoms with Crippen LogP contribution in [0, 0.1) is 0 Å². The minimum atomic E-state index is -0.0973. The van der Waals surface area contributed by atoms with Crippen LogP contribution in [0.4, 0.5) is 0 Å². The molecule has 1 atom stereocenters. The SMILES string of the molecule is COCCCN(C)CC(N)c1cc2ccccc2o1. The molecule has 2 rings (SSSR count). The molecule has 4 heteroatoms. The lowest BCUT2D eigenvalue weighted by Crippen LogP contribution is -2.30. The van der Waals surface area contributed by atoms with Crippen molar-refractivity contribution in [2.75, 3.05) is 33.9 Å². The molecule has 0 saturated heterocycles. The van der Waals surface area contributed by atoms with Crippen molar-refractivity contribution in [2.24, 2.45) is 5.73 Å². The summed E-state index contributed by atoms with van der Waals surface area (Å²) in [4.78, 5) is 2.21. The molecule has 1 unspecified atom stereocenters. The summed E-state index contributed by atoms with van der Waals surface area (Å²) >= 11 is 0. The maximum absolute atomic E-state index is 6.20. The van der Waals surface area contributed by atoms with Gasteiger partial charge in [0.1, 0.15) is 11.3 Å². The Labute approximate surface area is 114 Å². The van der Waals surface area contributed by atoms with E-state index in [1.807, 2.05) is 30.3 Å². The van der Waals surface area contributed by atoms with Gasteiger partial charge < -0.3 is 19.8 Å². The van der Waals surface area contributed by atoms with E-state index in [1.165, 1.54) is 0 Å². The van der Waals surface area contributed by atoms with Gasteiger partial charge in [0.15, 0.2) is 0 Å². The van der Waals surface area contributed by atoms with Crippen molar-refractivity contribution >= 4 is 11.0 Å². The maximum Gasteiger partial charge on any atom is 0.134 e. The van der Waals surface area contributed by atoms with Gasteiger partial charge >= 0.3 is 0 Å². The molecule has 1 aromatic carbocycles. The van der Waals surface area contributed by atoms with E-state index in [2.05, 4.69) is 11.9 Å². The van der Waals surface area contributed by atoms with Gasteiger partial charge in [-0.3, -0.25) is 0 Å². The summed E-state index contributed by atoms with van der Waals surface area (Å²) in [6, 6.07) is 9.91. The highest BCUT2D eigenvalue weighted by Gasteiger charge is 2.13. The lowest BCUT2D eigenvalue weighted by Gasteiger charge is -2.19. The summed E-state index contributed by atoms with van der Waals surface area (Å²) in [7, 11) is 3.79. The van der Waals surface area contributed by atoms with Crippen molar-refractivity contribution < 1.29 is 9.15 Å². The number of fused-ring (bicyclic) bond motifs is 1. The van der Waals surface area contributed by atoms with Gasteiger partial charge in [0.05, 0.1) is 6.04 Å². The molecule has 0 saturated carbocycles. The number of hydrogen-bond donors (Lipinski definition) is 1. The van der Waals surface area contributed by atoms with Crippen molar-refractivity contribution in [3.63, 3.8) is 0 Å². The molecule has 2 aromatic rings. The summed E-state index contributed by atoms with van der Waals surface area (Å²) in [5.74, 6) is 0.847. The molecule has 1 heterocycles. The summed E-state index contributed by atoms with van der Waals surface area (Å²) in [6.07, 6.45) is 1.01. The monoisotopic (exact) mass is 262 g/mol. The van der Waals surface area contributed by atoms with Crippen molar-refractivity contribution in [1.82, 2.24) is 4.90 Å². The molecule has 0 radical (unpaired) electrons. The van der Waals surface area contributed by atoms with Gasteiger partial charge in [-0.1, -0.05) is 18.2 Å². The first-order chi connectivity index (χ1) is 9.20. The van der Waals surface area contributed by atoms with Crippen molar-refractivity contribution in [3.8, 4) is 0 Å². The number of methoxy groups -OCH3 is 1. The second-order valence-corrected chi connectivity index (χ2v) is 4.90. The molecule has 0 aliphatic carbocycles. The highest BCUT2D eigenvalue weighted by atomic mass is 16.5. The first-order valence-electron chi connectivity index (χ1n) is 6.62. The number of benzene rings is 1. The van der Waals surface area contributed by atoms with Crippen LogP contribution in [0.2, 0.25) is 0 Å². The second kappa shape index (κ2) is 6.70. The van der Waals surface area contributed by atoms with Crippen molar-refractivity contribution in [2.45, 2.75) is 12.5 Å². The lowest BCUT2D eigenvalue weighted by molar-refractivity contribution is 0.177. The second-order valence-electron chi connectivity index (χ2n) is 4.90. The van der Waals surface area contributed by atoms with E-state index in [9.17, 15) is 0 Å². The molecular formula is C15H22N2O2. The number of nitrogens with zero attached hydrogens (tertiary/aromatic N) is 1. The highest BCUT2D eigenvalue weighted by Crippen LogP contribution is 2.22. The Morgan fingerprint density at radius 2 is 2.16 bits per heavy atom. The van der Waals surface area contributed by atoms with E-state index in [4.69, 9.17) is 14.9 Å². The van der Waals surface area contributed by atoms with Crippen molar-refractivity contribution in [3.05, 3.63) is 36.1 Å². The number of ether oxygens (including phenoxy) is 1.